The molecule has 0 aromatic carbocycles. The van der Waals surface area contributed by atoms with Gasteiger partial charge in [0.1, 0.15) is 0 Å². The molecule has 0 heterocycles. The van der Waals surface area contributed by atoms with E-state index in [0.29, 0.717) is 65.8 Å². The van der Waals surface area contributed by atoms with Gasteiger partial charge in [0.2, 0.25) is 24.1 Å². The number of ether oxygens (including phenoxy) is 4. The van der Waals surface area contributed by atoms with Gasteiger partial charge in [0, 0.05) is 13.1 Å². The molecule has 180 valence electrons. The van der Waals surface area contributed by atoms with Gasteiger partial charge in [0.05, 0.1) is 72.5 Å². The summed E-state index contributed by atoms with van der Waals surface area (Å²) in [6.07, 6.45) is 0.375. The van der Waals surface area contributed by atoms with E-state index in [0.717, 1.165) is 0 Å². The maximum absolute atomic E-state index is 11.6. The molecule has 0 rings (SSSR count). The van der Waals surface area contributed by atoms with Crippen LogP contribution in [0.3, 0.4) is 0 Å². The minimum atomic E-state index is -0.525. The van der Waals surface area contributed by atoms with Gasteiger partial charge in [-0.25, -0.2) is 0 Å². The lowest BCUT2D eigenvalue weighted by Gasteiger charge is -2.09. The van der Waals surface area contributed by atoms with Gasteiger partial charge in [-0.05, 0) is 0 Å². The van der Waals surface area contributed by atoms with Gasteiger partial charge < -0.3 is 40.2 Å². The van der Waals surface area contributed by atoms with Crippen molar-refractivity contribution in [3.63, 3.8) is 0 Å². The van der Waals surface area contributed by atoms with Crippen LogP contribution in [0, 0.1) is 0 Å². The van der Waals surface area contributed by atoms with Crippen molar-refractivity contribution in [2.24, 2.45) is 5.84 Å². The summed E-state index contributed by atoms with van der Waals surface area (Å²) in [5.74, 6) is 3.68. The van der Waals surface area contributed by atoms with E-state index in [1.54, 1.807) is 0 Å². The summed E-state index contributed by atoms with van der Waals surface area (Å²) >= 11 is 0. The van der Waals surface area contributed by atoms with Crippen molar-refractivity contribution in [2.45, 2.75) is 0 Å². The average Bonchev–Trinajstić information content (AvgIpc) is 2.77. The van der Waals surface area contributed by atoms with Crippen molar-refractivity contribution in [3.8, 4) is 0 Å². The SMILES string of the molecule is NNCCOCCOCCOCCOCCNC(=O)CNC(=O)CNC(=O)CNC=O. The van der Waals surface area contributed by atoms with Crippen molar-refractivity contribution in [1.29, 1.82) is 0 Å². The second kappa shape index (κ2) is 22.3. The maximum Gasteiger partial charge on any atom is 0.239 e. The zero-order valence-corrected chi connectivity index (χ0v) is 17.6. The number of hydrogen-bond donors (Lipinski definition) is 6. The van der Waals surface area contributed by atoms with Crippen molar-refractivity contribution in [3.05, 3.63) is 0 Å². The van der Waals surface area contributed by atoms with Gasteiger partial charge in [-0.15, -0.1) is 0 Å². The van der Waals surface area contributed by atoms with Gasteiger partial charge in [-0.3, -0.25) is 30.4 Å². The van der Waals surface area contributed by atoms with E-state index < -0.39 is 11.8 Å². The van der Waals surface area contributed by atoms with Crippen LogP contribution < -0.4 is 32.5 Å². The predicted molar refractivity (Wildman–Crippen MR) is 109 cm³/mol. The molecular formula is C17H34N6O8. The van der Waals surface area contributed by atoms with Crippen LogP contribution in [-0.4, -0.2) is 110 Å². The van der Waals surface area contributed by atoms with E-state index in [1.165, 1.54) is 0 Å². The Morgan fingerprint density at radius 3 is 1.52 bits per heavy atom. The molecule has 0 aromatic heterocycles. The Morgan fingerprint density at radius 1 is 0.613 bits per heavy atom. The lowest BCUT2D eigenvalue weighted by atomic mass is 10.5. The zero-order chi connectivity index (χ0) is 23.0. The number of carbonyl (C=O) groups excluding carboxylic acids is 4. The Balaban J connectivity index is 3.34. The number of carbonyl (C=O) groups is 4. The largest absolute Gasteiger partial charge is 0.378 e. The molecule has 0 aliphatic heterocycles. The molecule has 7 N–H and O–H groups in total. The number of nitrogens with two attached hydrogens (primary N) is 1. The third-order valence-electron chi connectivity index (χ3n) is 3.31. The number of amides is 4. The molecule has 14 nitrogen and oxygen atoms in total. The quantitative estimate of drug-likeness (QED) is 0.0406. The monoisotopic (exact) mass is 450 g/mol. The van der Waals surface area contributed by atoms with E-state index in [9.17, 15) is 19.2 Å². The second-order valence-electron chi connectivity index (χ2n) is 5.81. The van der Waals surface area contributed by atoms with Crippen LogP contribution in [0.2, 0.25) is 0 Å². The number of hydrogen-bond acceptors (Lipinski definition) is 10. The standard InChI is InChI=1S/C17H34N6O8/c18-23-2-4-29-6-8-31-10-9-30-7-5-28-3-1-20-16(26)12-22-17(27)13-21-15(25)11-19-14-24/h14,23H,1-13,18H2,(H,19,24)(H,20,26)(H,21,25)(H,22,27). The van der Waals surface area contributed by atoms with Crippen LogP contribution in [0.4, 0.5) is 0 Å². The summed E-state index contributed by atoms with van der Waals surface area (Å²) in [7, 11) is 0. The lowest BCUT2D eigenvalue weighted by Crippen LogP contribution is -2.44. The molecule has 0 aliphatic carbocycles. The summed E-state index contributed by atoms with van der Waals surface area (Å²) in [4.78, 5) is 44.3. The third-order valence-corrected chi connectivity index (χ3v) is 3.31. The van der Waals surface area contributed by atoms with E-state index in [4.69, 9.17) is 24.8 Å². The van der Waals surface area contributed by atoms with E-state index in [1.807, 2.05) is 0 Å². The first-order valence-electron chi connectivity index (χ1n) is 9.81. The van der Waals surface area contributed by atoms with Crippen LogP contribution in [-0.2, 0) is 38.1 Å². The number of rotatable bonds is 22. The summed E-state index contributed by atoms with van der Waals surface area (Å²) in [6.45, 7) is 3.63. The number of nitrogens with one attached hydrogen (secondary N) is 5. The smallest absolute Gasteiger partial charge is 0.239 e. The van der Waals surface area contributed by atoms with Crippen LogP contribution in [0.15, 0.2) is 0 Å². The topological polar surface area (TPSA) is 191 Å². The van der Waals surface area contributed by atoms with Crippen LogP contribution in [0.1, 0.15) is 0 Å². The highest BCUT2D eigenvalue weighted by Crippen LogP contribution is 1.82. The van der Waals surface area contributed by atoms with Crippen LogP contribution in [0.25, 0.3) is 0 Å². The minimum Gasteiger partial charge on any atom is -0.378 e. The van der Waals surface area contributed by atoms with Gasteiger partial charge in [0.25, 0.3) is 0 Å². The highest BCUT2D eigenvalue weighted by atomic mass is 16.6. The average molecular weight is 450 g/mol. The van der Waals surface area contributed by atoms with Crippen molar-refractivity contribution >= 4 is 24.1 Å². The summed E-state index contributed by atoms with van der Waals surface area (Å²) in [6, 6.07) is 0. The minimum absolute atomic E-state index is 0.222. The van der Waals surface area contributed by atoms with Gasteiger partial charge >= 0.3 is 0 Å². The lowest BCUT2D eigenvalue weighted by molar-refractivity contribution is -0.127. The van der Waals surface area contributed by atoms with Crippen LogP contribution >= 0.6 is 0 Å². The first-order chi connectivity index (χ1) is 15.1. The van der Waals surface area contributed by atoms with E-state index in [2.05, 4.69) is 26.7 Å². The maximum atomic E-state index is 11.6. The van der Waals surface area contributed by atoms with E-state index in [-0.39, 0.29) is 32.1 Å². The molecule has 14 heteroatoms. The Kier molecular flexibility index (Phi) is 20.6. The zero-order valence-electron chi connectivity index (χ0n) is 17.6. The molecule has 0 radical (unpaired) electrons. The molecule has 0 aromatic rings. The fourth-order valence-electron chi connectivity index (χ4n) is 1.84. The molecule has 0 fully saturated rings. The van der Waals surface area contributed by atoms with Crippen LogP contribution in [0.5, 0.6) is 0 Å². The highest BCUT2D eigenvalue weighted by Gasteiger charge is 2.07. The fraction of sp³-hybridized carbons (Fsp3) is 0.765. The molecule has 4 amide bonds. The van der Waals surface area contributed by atoms with Crippen molar-refractivity contribution in [1.82, 2.24) is 26.7 Å². The summed E-state index contributed by atoms with van der Waals surface area (Å²) in [5, 5.41) is 9.38. The molecular weight excluding hydrogens is 416 g/mol. The molecule has 0 spiro atoms. The van der Waals surface area contributed by atoms with Crippen molar-refractivity contribution in [2.75, 3.05) is 85.6 Å². The van der Waals surface area contributed by atoms with Gasteiger partial charge in [-0.2, -0.15) is 0 Å². The molecule has 31 heavy (non-hydrogen) atoms. The molecule has 0 saturated carbocycles. The predicted octanol–water partition coefficient (Wildman–Crippen LogP) is -4.39. The molecule has 0 aliphatic rings. The third kappa shape index (κ3) is 22.2. The summed E-state index contributed by atoms with van der Waals surface area (Å²) < 4.78 is 21.2. The molecule has 0 atom stereocenters. The van der Waals surface area contributed by atoms with Gasteiger partial charge in [-0.1, -0.05) is 0 Å². The Hall–Kier alpha value is -2.36. The Bertz CT molecular complexity index is 497. The molecule has 0 bridgehead atoms. The fourth-order valence-corrected chi connectivity index (χ4v) is 1.84. The Labute approximate surface area is 181 Å². The molecule has 0 saturated heterocycles. The second-order valence-corrected chi connectivity index (χ2v) is 5.81. The molecule has 0 unspecified atom stereocenters. The van der Waals surface area contributed by atoms with Gasteiger partial charge in [0.15, 0.2) is 0 Å². The van der Waals surface area contributed by atoms with E-state index >= 15 is 0 Å². The first kappa shape index (κ1) is 28.6. The normalized spacial score (nSPS) is 10.4. The van der Waals surface area contributed by atoms with Crippen molar-refractivity contribution < 1.29 is 38.1 Å². The summed E-state index contributed by atoms with van der Waals surface area (Å²) in [5.41, 5.74) is 2.48. The number of hydrazine groups is 1. The first-order valence-corrected chi connectivity index (χ1v) is 9.81. The Morgan fingerprint density at radius 2 is 1.03 bits per heavy atom. The highest BCUT2D eigenvalue weighted by molar-refractivity contribution is 5.88.